The Bertz CT molecular complexity index is 1380. The summed E-state index contributed by atoms with van der Waals surface area (Å²) in [6.45, 7) is 18.5. The van der Waals surface area contributed by atoms with E-state index in [2.05, 4.69) is 80.9 Å². The summed E-state index contributed by atoms with van der Waals surface area (Å²) in [5.74, 6) is 3.40. The first-order chi connectivity index (χ1) is 21.7. The van der Waals surface area contributed by atoms with Crippen molar-refractivity contribution < 1.29 is 14.2 Å². The van der Waals surface area contributed by atoms with E-state index in [0.717, 1.165) is 104 Å². The van der Waals surface area contributed by atoms with Crippen LogP contribution in [0.5, 0.6) is 5.75 Å². The van der Waals surface area contributed by atoms with Crippen LogP contribution in [0.25, 0.3) is 17.3 Å². The number of aliphatic imine (C=N–C) groups is 1. The highest BCUT2D eigenvalue weighted by Crippen LogP contribution is 2.39. The van der Waals surface area contributed by atoms with Crippen LogP contribution in [-0.4, -0.2) is 53.7 Å². The zero-order chi connectivity index (χ0) is 32.8. The van der Waals surface area contributed by atoms with Gasteiger partial charge in [0, 0.05) is 56.8 Å². The van der Waals surface area contributed by atoms with E-state index in [9.17, 15) is 0 Å². The molecule has 2 aromatic heterocycles. The Kier molecular flexibility index (Phi) is 14.9. The second kappa shape index (κ2) is 18.6. The van der Waals surface area contributed by atoms with Crippen molar-refractivity contribution >= 4 is 23.4 Å². The van der Waals surface area contributed by atoms with Crippen molar-refractivity contribution in [2.24, 2.45) is 18.0 Å². The number of amidine groups is 1. The Morgan fingerprint density at radius 1 is 1.16 bits per heavy atom. The van der Waals surface area contributed by atoms with Gasteiger partial charge in [-0.2, -0.15) is 5.10 Å². The Hall–Kier alpha value is -3.36. The highest BCUT2D eigenvalue weighted by molar-refractivity contribution is 5.97. The van der Waals surface area contributed by atoms with Gasteiger partial charge in [-0.1, -0.05) is 51.8 Å². The summed E-state index contributed by atoms with van der Waals surface area (Å²) < 4.78 is 20.9. The van der Waals surface area contributed by atoms with E-state index in [1.807, 2.05) is 37.0 Å². The standard InChI is InChI=1S/C28H37N5O2.C9H20O/c1-7-19(2)14-22-16-26(23-17-29-32(5)18-23)33(24-10-12-35-13-11-24)28(22)31-21(4)30-25-9-8-20(3)15-27(25)34-6;1-4-7-10-8-6-9(3)5-2/h8-9,14-18,24H,7,10-13H2,1-6H3,(H,30,31);9H,4-8H2,1-3H3. The first kappa shape index (κ1) is 36.1. The minimum atomic E-state index is 0.309. The van der Waals surface area contributed by atoms with Crippen LogP contribution in [-0.2, 0) is 16.5 Å². The fraction of sp³-hybridized carbons (Fsp3) is 0.568. The van der Waals surface area contributed by atoms with E-state index in [1.54, 1.807) is 7.11 Å². The van der Waals surface area contributed by atoms with Gasteiger partial charge in [-0.15, -0.1) is 0 Å². The third-order valence-electron chi connectivity index (χ3n) is 8.30. The normalized spacial score (nSPS) is 15.0. The number of aromatic nitrogens is 3. The van der Waals surface area contributed by atoms with Gasteiger partial charge < -0.3 is 24.1 Å². The number of allylic oxidation sites excluding steroid dienone is 1. The summed E-state index contributed by atoms with van der Waals surface area (Å²) in [5.41, 5.74) is 6.72. The number of rotatable bonds is 13. The van der Waals surface area contributed by atoms with Crippen molar-refractivity contribution in [1.82, 2.24) is 14.3 Å². The monoisotopic (exact) mass is 619 g/mol. The van der Waals surface area contributed by atoms with Crippen molar-refractivity contribution in [2.45, 2.75) is 93.0 Å². The summed E-state index contributed by atoms with van der Waals surface area (Å²) in [6, 6.07) is 8.70. The molecule has 1 atom stereocenters. The van der Waals surface area contributed by atoms with Crippen LogP contribution in [0.4, 0.5) is 11.5 Å². The summed E-state index contributed by atoms with van der Waals surface area (Å²) in [7, 11) is 3.65. The average molecular weight is 620 g/mol. The van der Waals surface area contributed by atoms with Crippen molar-refractivity contribution in [1.29, 1.82) is 0 Å². The SMILES string of the molecule is CCC(C)=Cc1cc(-c2cnn(C)c2)n(C2CCOCC2)c1/N=C(\C)Nc1ccc(C)cc1OC.CCCOCCC(C)CC. The maximum Gasteiger partial charge on any atom is 0.142 e. The van der Waals surface area contributed by atoms with Gasteiger partial charge in [0.15, 0.2) is 0 Å². The fourth-order valence-corrected chi connectivity index (χ4v) is 5.23. The summed E-state index contributed by atoms with van der Waals surface area (Å²) in [6.07, 6.45) is 12.8. The molecule has 0 spiro atoms. The molecule has 4 rings (SSSR count). The molecule has 1 aromatic carbocycles. The molecule has 0 saturated carbocycles. The van der Waals surface area contributed by atoms with E-state index >= 15 is 0 Å². The fourth-order valence-electron chi connectivity index (χ4n) is 5.23. The molecule has 1 saturated heterocycles. The number of hydrogen-bond acceptors (Lipinski definition) is 5. The highest BCUT2D eigenvalue weighted by atomic mass is 16.5. The van der Waals surface area contributed by atoms with Gasteiger partial charge in [-0.3, -0.25) is 4.68 Å². The van der Waals surface area contributed by atoms with Crippen molar-refractivity contribution in [3.63, 3.8) is 0 Å². The number of aryl methyl sites for hydroxylation is 2. The molecular weight excluding hydrogens is 562 g/mol. The zero-order valence-electron chi connectivity index (χ0n) is 29.3. The predicted molar refractivity (Wildman–Crippen MR) is 189 cm³/mol. The Balaban J connectivity index is 0.000000477. The van der Waals surface area contributed by atoms with Gasteiger partial charge in [0.2, 0.25) is 0 Å². The third kappa shape index (κ3) is 10.9. The molecule has 1 aliphatic rings. The Morgan fingerprint density at radius 2 is 1.91 bits per heavy atom. The molecule has 3 aromatic rings. The lowest BCUT2D eigenvalue weighted by Gasteiger charge is -2.27. The van der Waals surface area contributed by atoms with Gasteiger partial charge in [-0.05, 0) is 82.6 Å². The average Bonchev–Trinajstić information content (AvgIpc) is 3.63. The molecule has 1 N–H and O–H groups in total. The molecule has 1 aliphatic heterocycles. The van der Waals surface area contributed by atoms with Crippen LogP contribution in [0.3, 0.4) is 0 Å². The maximum absolute atomic E-state index is 5.69. The minimum Gasteiger partial charge on any atom is -0.495 e. The number of anilines is 1. The number of ether oxygens (including phenoxy) is 3. The van der Waals surface area contributed by atoms with Crippen LogP contribution in [0.15, 0.2) is 47.2 Å². The van der Waals surface area contributed by atoms with Crippen molar-refractivity contribution in [3.05, 3.63) is 53.4 Å². The van der Waals surface area contributed by atoms with Crippen molar-refractivity contribution in [2.75, 3.05) is 38.9 Å². The summed E-state index contributed by atoms with van der Waals surface area (Å²) >= 11 is 0. The molecule has 1 fully saturated rings. The smallest absolute Gasteiger partial charge is 0.142 e. The summed E-state index contributed by atoms with van der Waals surface area (Å²) in [5, 5.41) is 7.90. The molecule has 0 amide bonds. The number of hydrogen-bond donors (Lipinski definition) is 1. The molecule has 0 radical (unpaired) electrons. The number of nitrogens with one attached hydrogen (secondary N) is 1. The van der Waals surface area contributed by atoms with Gasteiger partial charge in [0.05, 0.1) is 24.7 Å². The number of nitrogens with zero attached hydrogens (tertiary/aromatic N) is 4. The molecule has 3 heterocycles. The molecule has 248 valence electrons. The second-order valence-electron chi connectivity index (χ2n) is 12.2. The van der Waals surface area contributed by atoms with Gasteiger partial charge in [0.1, 0.15) is 17.4 Å². The first-order valence-electron chi connectivity index (χ1n) is 16.7. The molecule has 8 heteroatoms. The predicted octanol–water partition coefficient (Wildman–Crippen LogP) is 9.38. The molecule has 0 bridgehead atoms. The minimum absolute atomic E-state index is 0.309. The lowest BCUT2D eigenvalue weighted by atomic mass is 10.1. The van der Waals surface area contributed by atoms with E-state index in [1.165, 1.54) is 18.4 Å². The lowest BCUT2D eigenvalue weighted by Crippen LogP contribution is -2.20. The molecule has 0 aliphatic carbocycles. The third-order valence-corrected chi connectivity index (χ3v) is 8.30. The van der Waals surface area contributed by atoms with E-state index in [0.29, 0.717) is 6.04 Å². The number of methoxy groups -OCH3 is 1. The van der Waals surface area contributed by atoms with Crippen LogP contribution in [0.1, 0.15) is 97.2 Å². The first-order valence-corrected chi connectivity index (χ1v) is 16.7. The van der Waals surface area contributed by atoms with Gasteiger partial charge in [0.25, 0.3) is 0 Å². The zero-order valence-corrected chi connectivity index (χ0v) is 29.3. The Morgan fingerprint density at radius 3 is 2.53 bits per heavy atom. The van der Waals surface area contributed by atoms with Crippen LogP contribution in [0, 0.1) is 12.8 Å². The highest BCUT2D eigenvalue weighted by Gasteiger charge is 2.25. The number of benzene rings is 1. The van der Waals surface area contributed by atoms with E-state index < -0.39 is 0 Å². The lowest BCUT2D eigenvalue weighted by molar-refractivity contribution is 0.0705. The molecule has 8 nitrogen and oxygen atoms in total. The summed E-state index contributed by atoms with van der Waals surface area (Å²) in [4.78, 5) is 5.17. The molecule has 1 unspecified atom stereocenters. The Labute approximate surface area is 271 Å². The van der Waals surface area contributed by atoms with Crippen LogP contribution < -0.4 is 10.1 Å². The van der Waals surface area contributed by atoms with Gasteiger partial charge in [-0.25, -0.2) is 4.99 Å². The van der Waals surface area contributed by atoms with Crippen LogP contribution in [0.2, 0.25) is 0 Å². The van der Waals surface area contributed by atoms with E-state index in [4.69, 9.17) is 19.2 Å². The maximum atomic E-state index is 5.69. The largest absolute Gasteiger partial charge is 0.495 e. The molecule has 45 heavy (non-hydrogen) atoms. The van der Waals surface area contributed by atoms with Crippen LogP contribution >= 0.6 is 0 Å². The van der Waals surface area contributed by atoms with Gasteiger partial charge >= 0.3 is 0 Å². The molecular formula is C37H57N5O3. The topological polar surface area (TPSA) is 74.8 Å². The van der Waals surface area contributed by atoms with E-state index in [-0.39, 0.29) is 0 Å². The quantitative estimate of drug-likeness (QED) is 0.117. The van der Waals surface area contributed by atoms with Crippen molar-refractivity contribution in [3.8, 4) is 17.0 Å². The second-order valence-corrected chi connectivity index (χ2v) is 12.2.